The third-order valence-corrected chi connectivity index (χ3v) is 3.61. The number of nitrogens with zero attached hydrogens (tertiary/aromatic N) is 3. The van der Waals surface area contributed by atoms with Gasteiger partial charge < -0.3 is 9.72 Å². The summed E-state index contributed by atoms with van der Waals surface area (Å²) >= 11 is 0. The summed E-state index contributed by atoms with van der Waals surface area (Å²) in [5, 5.41) is 3.39. The van der Waals surface area contributed by atoms with Gasteiger partial charge in [-0.25, -0.2) is 4.98 Å². The maximum atomic E-state index is 4.22. The normalized spacial score (nSPS) is 19.6. The molecule has 1 saturated heterocycles. The minimum atomic E-state index is 0.440. The maximum Gasteiger partial charge on any atom is 0.0994 e. The maximum absolute atomic E-state index is 4.22. The van der Waals surface area contributed by atoms with E-state index in [0.717, 1.165) is 26.2 Å². The van der Waals surface area contributed by atoms with E-state index in [2.05, 4.69) is 44.7 Å². The molecule has 2 aromatic rings. The highest BCUT2D eigenvalue weighted by molar-refractivity contribution is 5.46. The molecule has 3 heterocycles. The molecule has 3 rings (SSSR count). The van der Waals surface area contributed by atoms with Crippen LogP contribution in [0, 0.1) is 0 Å². The molecular weight excluding hydrogens is 212 g/mol. The van der Waals surface area contributed by atoms with E-state index >= 15 is 0 Å². The Labute approximate surface area is 101 Å². The van der Waals surface area contributed by atoms with Crippen molar-refractivity contribution in [1.29, 1.82) is 0 Å². The molecular formula is C13H18N4. The molecule has 1 aliphatic rings. The van der Waals surface area contributed by atoms with Gasteiger partial charge in [-0.1, -0.05) is 6.07 Å². The van der Waals surface area contributed by atoms with Crippen LogP contribution in [0.2, 0.25) is 0 Å². The molecule has 4 heteroatoms. The predicted octanol–water partition coefficient (Wildman–Crippen LogP) is 1.30. The van der Waals surface area contributed by atoms with Crippen LogP contribution >= 0.6 is 0 Å². The highest BCUT2D eigenvalue weighted by Gasteiger charge is 2.19. The van der Waals surface area contributed by atoms with Gasteiger partial charge >= 0.3 is 0 Å². The first-order valence-corrected chi connectivity index (χ1v) is 6.22. The molecule has 0 bridgehead atoms. The second kappa shape index (κ2) is 4.47. The van der Waals surface area contributed by atoms with E-state index in [9.17, 15) is 0 Å². The largest absolute Gasteiger partial charge is 0.314 e. The van der Waals surface area contributed by atoms with Crippen LogP contribution < -0.4 is 5.32 Å². The third-order valence-electron chi connectivity index (χ3n) is 3.61. The summed E-state index contributed by atoms with van der Waals surface area (Å²) in [6, 6.07) is 6.85. The molecule has 0 radical (unpaired) electrons. The van der Waals surface area contributed by atoms with Gasteiger partial charge in [0.05, 0.1) is 18.0 Å². The fourth-order valence-corrected chi connectivity index (χ4v) is 2.57. The summed E-state index contributed by atoms with van der Waals surface area (Å²) in [5.74, 6) is 0. The van der Waals surface area contributed by atoms with Crippen molar-refractivity contribution < 1.29 is 0 Å². The van der Waals surface area contributed by atoms with Gasteiger partial charge in [-0.2, -0.15) is 0 Å². The Morgan fingerprint density at radius 3 is 2.94 bits per heavy atom. The summed E-state index contributed by atoms with van der Waals surface area (Å²) in [5.41, 5.74) is 2.49. The Morgan fingerprint density at radius 1 is 1.29 bits per heavy atom. The van der Waals surface area contributed by atoms with Crippen molar-refractivity contribution in [2.75, 3.05) is 26.2 Å². The molecule has 1 atom stereocenters. The highest BCUT2D eigenvalue weighted by Crippen LogP contribution is 2.21. The summed E-state index contributed by atoms with van der Waals surface area (Å²) in [6.45, 7) is 6.69. The third kappa shape index (κ3) is 1.94. The van der Waals surface area contributed by atoms with Gasteiger partial charge in [0.2, 0.25) is 0 Å². The van der Waals surface area contributed by atoms with Crippen LogP contribution in [0.15, 0.2) is 30.7 Å². The first kappa shape index (κ1) is 10.7. The number of hydrogen-bond acceptors (Lipinski definition) is 3. The van der Waals surface area contributed by atoms with E-state index in [4.69, 9.17) is 0 Å². The molecule has 90 valence electrons. The Kier molecular flexibility index (Phi) is 2.82. The monoisotopic (exact) mass is 230 g/mol. The quantitative estimate of drug-likeness (QED) is 0.844. The molecule has 1 N–H and O–H groups in total. The number of imidazole rings is 1. The van der Waals surface area contributed by atoms with E-state index in [0.29, 0.717) is 6.04 Å². The van der Waals surface area contributed by atoms with Gasteiger partial charge in [0, 0.05) is 37.9 Å². The first-order valence-electron chi connectivity index (χ1n) is 6.22. The molecule has 0 aromatic carbocycles. The van der Waals surface area contributed by atoms with Crippen molar-refractivity contribution in [3.63, 3.8) is 0 Å². The van der Waals surface area contributed by atoms with Gasteiger partial charge in [0.15, 0.2) is 0 Å². The number of aromatic nitrogens is 2. The van der Waals surface area contributed by atoms with Crippen LogP contribution in [0.1, 0.15) is 18.7 Å². The molecule has 17 heavy (non-hydrogen) atoms. The number of hydrogen-bond donors (Lipinski definition) is 1. The second-order valence-electron chi connectivity index (χ2n) is 4.60. The summed E-state index contributed by atoms with van der Waals surface area (Å²) in [4.78, 5) is 6.74. The van der Waals surface area contributed by atoms with Crippen LogP contribution in [0.5, 0.6) is 0 Å². The molecule has 0 aliphatic carbocycles. The minimum Gasteiger partial charge on any atom is -0.314 e. The topological polar surface area (TPSA) is 32.6 Å². The molecule has 0 saturated carbocycles. The SMILES string of the molecule is CC(c1cccc2cncn12)N1CCNCC1. The zero-order chi connectivity index (χ0) is 11.7. The zero-order valence-electron chi connectivity index (χ0n) is 10.1. The lowest BCUT2D eigenvalue weighted by Gasteiger charge is -2.33. The number of fused-ring (bicyclic) bond motifs is 1. The summed E-state index contributed by atoms with van der Waals surface area (Å²) < 4.78 is 2.19. The average molecular weight is 230 g/mol. The first-order chi connectivity index (χ1) is 8.36. The van der Waals surface area contributed by atoms with Crippen LogP contribution in [0.25, 0.3) is 5.52 Å². The van der Waals surface area contributed by atoms with E-state index < -0.39 is 0 Å². The number of nitrogens with one attached hydrogen (secondary N) is 1. The summed E-state index contributed by atoms with van der Waals surface area (Å²) in [7, 11) is 0. The van der Waals surface area contributed by atoms with Gasteiger partial charge in [0.25, 0.3) is 0 Å². The van der Waals surface area contributed by atoms with Crippen molar-refractivity contribution in [3.05, 3.63) is 36.4 Å². The Bertz CT molecular complexity index is 499. The second-order valence-corrected chi connectivity index (χ2v) is 4.60. The molecule has 1 unspecified atom stereocenters. The van der Waals surface area contributed by atoms with Crippen LogP contribution in [-0.2, 0) is 0 Å². The van der Waals surface area contributed by atoms with Crippen molar-refractivity contribution in [2.45, 2.75) is 13.0 Å². The lowest BCUT2D eigenvalue weighted by Crippen LogP contribution is -2.44. The van der Waals surface area contributed by atoms with Crippen LogP contribution in [0.3, 0.4) is 0 Å². The standard InChI is InChI=1S/C13H18N4/c1-11(16-7-5-14-6-8-16)13-4-2-3-12-9-15-10-17(12)13/h2-4,9-11,14H,5-8H2,1H3. The number of rotatable bonds is 2. The fourth-order valence-electron chi connectivity index (χ4n) is 2.57. The van der Waals surface area contributed by atoms with Crippen molar-refractivity contribution >= 4 is 5.52 Å². The highest BCUT2D eigenvalue weighted by atomic mass is 15.2. The van der Waals surface area contributed by atoms with Gasteiger partial charge in [0.1, 0.15) is 0 Å². The number of piperazine rings is 1. The van der Waals surface area contributed by atoms with Crippen molar-refractivity contribution in [2.24, 2.45) is 0 Å². The van der Waals surface area contributed by atoms with Crippen molar-refractivity contribution in [1.82, 2.24) is 19.6 Å². The van der Waals surface area contributed by atoms with Crippen molar-refractivity contribution in [3.8, 4) is 0 Å². The molecule has 4 nitrogen and oxygen atoms in total. The minimum absolute atomic E-state index is 0.440. The fraction of sp³-hybridized carbons (Fsp3) is 0.462. The Balaban J connectivity index is 1.94. The lowest BCUT2D eigenvalue weighted by atomic mass is 10.1. The Hall–Kier alpha value is -1.39. The number of pyridine rings is 1. The molecule has 0 spiro atoms. The molecule has 2 aromatic heterocycles. The smallest absolute Gasteiger partial charge is 0.0994 e. The van der Waals surface area contributed by atoms with E-state index in [1.807, 2.05) is 12.5 Å². The lowest BCUT2D eigenvalue weighted by molar-refractivity contribution is 0.181. The van der Waals surface area contributed by atoms with Gasteiger partial charge in [-0.15, -0.1) is 0 Å². The molecule has 0 amide bonds. The summed E-state index contributed by atoms with van der Waals surface area (Å²) in [6.07, 6.45) is 3.82. The van der Waals surface area contributed by atoms with Crippen LogP contribution in [-0.4, -0.2) is 40.5 Å². The van der Waals surface area contributed by atoms with Gasteiger partial charge in [-0.3, -0.25) is 4.90 Å². The average Bonchev–Trinajstić information content (AvgIpc) is 2.87. The molecule has 1 aliphatic heterocycles. The van der Waals surface area contributed by atoms with E-state index in [1.165, 1.54) is 11.2 Å². The molecule has 1 fully saturated rings. The van der Waals surface area contributed by atoms with Gasteiger partial charge in [-0.05, 0) is 19.1 Å². The van der Waals surface area contributed by atoms with Crippen LogP contribution in [0.4, 0.5) is 0 Å². The van der Waals surface area contributed by atoms with E-state index in [1.54, 1.807) is 0 Å². The predicted molar refractivity (Wildman–Crippen MR) is 68.0 cm³/mol. The Morgan fingerprint density at radius 2 is 2.12 bits per heavy atom. The zero-order valence-corrected chi connectivity index (χ0v) is 10.1. The van der Waals surface area contributed by atoms with E-state index in [-0.39, 0.29) is 0 Å².